The van der Waals surface area contributed by atoms with Gasteiger partial charge < -0.3 is 9.72 Å². The fourth-order valence-electron chi connectivity index (χ4n) is 3.06. The number of benzene rings is 3. The summed E-state index contributed by atoms with van der Waals surface area (Å²) >= 11 is 5.78. The van der Waals surface area contributed by atoms with E-state index in [2.05, 4.69) is 20.9 Å². The van der Waals surface area contributed by atoms with E-state index in [4.69, 9.17) is 10.1 Å². The van der Waals surface area contributed by atoms with Crippen LogP contribution in [0.5, 0.6) is 5.75 Å². The van der Waals surface area contributed by atoms with Crippen molar-refractivity contribution in [1.82, 2.24) is 4.98 Å². The van der Waals surface area contributed by atoms with Crippen LogP contribution in [0.4, 0.5) is 8.78 Å². The van der Waals surface area contributed by atoms with E-state index in [0.29, 0.717) is 25.5 Å². The van der Waals surface area contributed by atoms with Crippen LogP contribution in [0.15, 0.2) is 75.1 Å². The predicted octanol–water partition coefficient (Wildman–Crippen LogP) is 8.25. The summed E-state index contributed by atoms with van der Waals surface area (Å²) in [7, 11) is 0. The van der Waals surface area contributed by atoms with E-state index in [1.807, 2.05) is 36.4 Å². The molecule has 2 N–H and O–H groups in total. The van der Waals surface area contributed by atoms with E-state index in [0.717, 1.165) is 34.5 Å². The first kappa shape index (κ1) is 25.1. The lowest BCUT2D eigenvalue weighted by molar-refractivity contribution is 0.297. The van der Waals surface area contributed by atoms with Crippen LogP contribution in [0.3, 0.4) is 0 Å². The minimum atomic E-state index is -0.549. The van der Waals surface area contributed by atoms with Gasteiger partial charge in [0.05, 0.1) is 14.8 Å². The fourth-order valence-corrected chi connectivity index (χ4v) is 5.19. The largest absolute Gasteiger partial charge is 0.488 e. The van der Waals surface area contributed by atoms with Crippen LogP contribution >= 0.6 is 63.4 Å². The minimum Gasteiger partial charge on any atom is -0.488 e. The maximum Gasteiger partial charge on any atom is 0.140 e. The first-order chi connectivity index (χ1) is 15.0. The maximum atomic E-state index is 14.9. The Kier molecular flexibility index (Phi) is 8.65. The normalized spacial score (nSPS) is 10.8. The highest BCUT2D eigenvalue weighted by Gasteiger charge is 2.20. The molecule has 1 aromatic heterocycles. The standard InChI is InChI=1S/C23H17BrF2N2OS2.HI/c1-30-23(27)15-9-20(19(11-16(15)25)29-12-13-5-3-2-4-6-13)31-22-17(26)10-18-14(21(22)24)7-8-28-18;/h2-11,27-28H,12H2,1H3;1H. The number of ether oxygens (including phenoxy) is 1. The molecule has 0 bridgehead atoms. The number of hydrogen-bond acceptors (Lipinski definition) is 4. The number of aromatic nitrogens is 1. The molecule has 0 atom stereocenters. The van der Waals surface area contributed by atoms with Crippen LogP contribution < -0.4 is 4.74 Å². The molecule has 32 heavy (non-hydrogen) atoms. The van der Waals surface area contributed by atoms with Gasteiger partial charge in [0.1, 0.15) is 24.0 Å². The van der Waals surface area contributed by atoms with E-state index in [1.54, 1.807) is 18.5 Å². The molecule has 0 saturated carbocycles. The van der Waals surface area contributed by atoms with Gasteiger partial charge in [-0.1, -0.05) is 42.1 Å². The SMILES string of the molecule is CSC(=N)c1cc(Sc2c(F)cc3[nH]ccc3c2Br)c(OCc2ccccc2)cc1F.I. The van der Waals surface area contributed by atoms with Crippen molar-refractivity contribution < 1.29 is 13.5 Å². The molecule has 0 aliphatic heterocycles. The van der Waals surface area contributed by atoms with Crippen LogP contribution in [0.25, 0.3) is 10.9 Å². The first-order valence-electron chi connectivity index (χ1n) is 9.24. The van der Waals surface area contributed by atoms with Crippen molar-refractivity contribution in [3.63, 3.8) is 0 Å². The van der Waals surface area contributed by atoms with Gasteiger partial charge in [-0.15, -0.1) is 35.7 Å². The molecule has 1 heterocycles. The van der Waals surface area contributed by atoms with Crippen LogP contribution in [0, 0.1) is 17.0 Å². The predicted molar refractivity (Wildman–Crippen MR) is 143 cm³/mol. The number of thioether (sulfide) groups is 1. The summed E-state index contributed by atoms with van der Waals surface area (Å²) in [6.45, 7) is 0.244. The topological polar surface area (TPSA) is 48.9 Å². The third-order valence-electron chi connectivity index (χ3n) is 4.63. The van der Waals surface area contributed by atoms with Gasteiger partial charge in [-0.3, -0.25) is 5.41 Å². The van der Waals surface area contributed by atoms with Crippen molar-refractivity contribution in [3.05, 3.63) is 88.0 Å². The monoisotopic (exact) mass is 646 g/mol. The van der Waals surface area contributed by atoms with E-state index in [9.17, 15) is 8.78 Å². The lowest BCUT2D eigenvalue weighted by Crippen LogP contribution is -2.02. The lowest BCUT2D eigenvalue weighted by atomic mass is 10.2. The zero-order valence-corrected chi connectivity index (χ0v) is 22.3. The summed E-state index contributed by atoms with van der Waals surface area (Å²) in [6.07, 6.45) is 3.46. The molecule has 0 fully saturated rings. The van der Waals surface area contributed by atoms with Gasteiger partial charge in [0.2, 0.25) is 0 Å². The average Bonchev–Trinajstić information content (AvgIpc) is 3.24. The number of hydrogen-bond donors (Lipinski definition) is 2. The molecule has 0 unspecified atom stereocenters. The van der Waals surface area contributed by atoms with Gasteiger partial charge in [0.15, 0.2) is 0 Å². The number of H-pyrrole nitrogens is 1. The Hall–Kier alpha value is -1.56. The zero-order chi connectivity index (χ0) is 22.0. The second kappa shape index (κ2) is 11.0. The van der Waals surface area contributed by atoms with Crippen molar-refractivity contribution in [1.29, 1.82) is 5.41 Å². The third kappa shape index (κ3) is 5.32. The quantitative estimate of drug-likeness (QED) is 0.126. The van der Waals surface area contributed by atoms with E-state index in [-0.39, 0.29) is 41.2 Å². The molecule has 0 spiro atoms. The molecule has 3 nitrogen and oxygen atoms in total. The number of fused-ring (bicyclic) bond motifs is 1. The Morgan fingerprint density at radius 2 is 1.84 bits per heavy atom. The van der Waals surface area contributed by atoms with Crippen LogP contribution in [-0.2, 0) is 6.61 Å². The fraction of sp³-hybridized carbons (Fsp3) is 0.0870. The maximum absolute atomic E-state index is 14.9. The molecule has 0 aliphatic carbocycles. The molecule has 0 radical (unpaired) electrons. The molecule has 0 aliphatic rings. The van der Waals surface area contributed by atoms with Crippen molar-refractivity contribution in [3.8, 4) is 5.75 Å². The first-order valence-corrected chi connectivity index (χ1v) is 12.1. The molecule has 0 amide bonds. The van der Waals surface area contributed by atoms with Crippen molar-refractivity contribution in [2.75, 3.05) is 6.26 Å². The summed E-state index contributed by atoms with van der Waals surface area (Å²) < 4.78 is 36.1. The highest BCUT2D eigenvalue weighted by atomic mass is 127. The van der Waals surface area contributed by atoms with Crippen LogP contribution in [0.2, 0.25) is 0 Å². The number of rotatable bonds is 6. The van der Waals surface area contributed by atoms with E-state index >= 15 is 0 Å². The summed E-state index contributed by atoms with van der Waals surface area (Å²) in [5.41, 5.74) is 1.76. The number of aromatic amines is 1. The summed E-state index contributed by atoms with van der Waals surface area (Å²) in [6, 6.07) is 15.6. The zero-order valence-electron chi connectivity index (χ0n) is 16.7. The van der Waals surface area contributed by atoms with Gasteiger partial charge in [0, 0.05) is 33.2 Å². The second-order valence-corrected chi connectivity index (χ2v) is 9.29. The highest BCUT2D eigenvalue weighted by Crippen LogP contribution is 2.44. The Morgan fingerprint density at radius 3 is 2.56 bits per heavy atom. The summed E-state index contributed by atoms with van der Waals surface area (Å²) in [5.74, 6) is -0.663. The Morgan fingerprint density at radius 1 is 1.09 bits per heavy atom. The van der Waals surface area contributed by atoms with Crippen molar-refractivity contribution >= 4 is 79.4 Å². The van der Waals surface area contributed by atoms with Crippen LogP contribution in [-0.4, -0.2) is 16.3 Å². The molecule has 4 aromatic rings. The van der Waals surface area contributed by atoms with Crippen molar-refractivity contribution in [2.24, 2.45) is 0 Å². The Bertz CT molecular complexity index is 1270. The smallest absolute Gasteiger partial charge is 0.140 e. The molecular weight excluding hydrogens is 629 g/mol. The molecular formula is C23H18BrF2IN2OS2. The van der Waals surface area contributed by atoms with Crippen molar-refractivity contribution in [2.45, 2.75) is 16.4 Å². The Labute approximate surface area is 218 Å². The second-order valence-electron chi connectivity index (χ2n) is 6.63. The van der Waals surface area contributed by atoms with Gasteiger partial charge in [-0.25, -0.2) is 8.78 Å². The van der Waals surface area contributed by atoms with Gasteiger partial charge >= 0.3 is 0 Å². The van der Waals surface area contributed by atoms with Gasteiger partial charge in [-0.05, 0) is 45.9 Å². The highest BCUT2D eigenvalue weighted by molar-refractivity contribution is 14.0. The summed E-state index contributed by atoms with van der Waals surface area (Å²) in [4.78, 5) is 3.89. The molecule has 166 valence electrons. The molecule has 0 saturated heterocycles. The molecule has 3 aromatic carbocycles. The molecule has 9 heteroatoms. The minimum absolute atomic E-state index is 0. The summed E-state index contributed by atoms with van der Waals surface area (Å²) in [5, 5.41) is 8.99. The van der Waals surface area contributed by atoms with Gasteiger partial charge in [0.25, 0.3) is 0 Å². The number of nitrogens with one attached hydrogen (secondary N) is 2. The Balaban J connectivity index is 0.00000289. The molecule has 4 rings (SSSR count). The van der Waals surface area contributed by atoms with E-state index in [1.165, 1.54) is 12.1 Å². The van der Waals surface area contributed by atoms with Crippen LogP contribution in [0.1, 0.15) is 11.1 Å². The average molecular weight is 647 g/mol. The number of halogens is 4. The van der Waals surface area contributed by atoms with E-state index < -0.39 is 11.6 Å². The third-order valence-corrected chi connectivity index (χ3v) is 7.49. The van der Waals surface area contributed by atoms with Gasteiger partial charge in [-0.2, -0.15) is 0 Å². The lowest BCUT2D eigenvalue weighted by Gasteiger charge is -2.15.